The Labute approximate surface area is 207 Å². The number of rotatable bonds is 14. The maximum atomic E-state index is 13.8. The lowest BCUT2D eigenvalue weighted by molar-refractivity contribution is -0.183. The Balaban J connectivity index is 2.54. The molecule has 2 aliphatic rings. The summed E-state index contributed by atoms with van der Waals surface area (Å²) in [6.07, 6.45) is 4.88. The normalized spacial score (nSPS) is 23.8. The smallest absolute Gasteiger partial charge is 0.392 e. The summed E-state index contributed by atoms with van der Waals surface area (Å²) in [4.78, 5) is 13.0. The molecule has 1 aliphatic heterocycles. The van der Waals surface area contributed by atoms with Gasteiger partial charge in [-0.15, -0.1) is 0 Å². The van der Waals surface area contributed by atoms with Gasteiger partial charge in [0.2, 0.25) is 0 Å². The number of alkyl halides is 3. The van der Waals surface area contributed by atoms with E-state index < -0.39 is 41.8 Å². The average Bonchev–Trinajstić information content (AvgIpc) is 3.34. The lowest BCUT2D eigenvalue weighted by Crippen LogP contribution is -2.50. The largest absolute Gasteiger partial charge is 0.480 e. The van der Waals surface area contributed by atoms with E-state index in [9.17, 15) is 28.2 Å². The van der Waals surface area contributed by atoms with Crippen molar-refractivity contribution in [1.29, 1.82) is 0 Å². The van der Waals surface area contributed by atoms with Crippen molar-refractivity contribution < 1.29 is 37.7 Å². The van der Waals surface area contributed by atoms with Gasteiger partial charge in [-0.2, -0.15) is 13.2 Å². The number of aliphatic hydroxyl groups excluding tert-OH is 1. The van der Waals surface area contributed by atoms with Gasteiger partial charge >= 0.3 is 12.1 Å². The Morgan fingerprint density at radius 2 is 1.77 bits per heavy atom. The highest BCUT2D eigenvalue weighted by molar-refractivity contribution is 5.79. The number of halogens is 3. The molecule has 0 aromatic rings. The van der Waals surface area contributed by atoms with Gasteiger partial charge < -0.3 is 19.7 Å². The van der Waals surface area contributed by atoms with Crippen LogP contribution in [0.4, 0.5) is 13.2 Å². The minimum atomic E-state index is -4.40. The quantitative estimate of drug-likeness (QED) is 0.194. The van der Waals surface area contributed by atoms with E-state index >= 15 is 0 Å². The van der Waals surface area contributed by atoms with E-state index in [0.29, 0.717) is 38.7 Å². The first-order chi connectivity index (χ1) is 16.7. The van der Waals surface area contributed by atoms with Crippen molar-refractivity contribution >= 4 is 5.97 Å². The Morgan fingerprint density at radius 3 is 2.31 bits per heavy atom. The van der Waals surface area contributed by atoms with Crippen molar-refractivity contribution in [3.05, 3.63) is 24.0 Å². The van der Waals surface area contributed by atoms with Gasteiger partial charge in [-0.05, 0) is 63.4 Å². The number of carboxylic acids is 1. The van der Waals surface area contributed by atoms with E-state index in [1.165, 1.54) is 6.08 Å². The van der Waals surface area contributed by atoms with Gasteiger partial charge in [-0.1, -0.05) is 51.7 Å². The molecule has 202 valence electrons. The van der Waals surface area contributed by atoms with Crippen LogP contribution in [0.1, 0.15) is 97.3 Å². The summed E-state index contributed by atoms with van der Waals surface area (Å²) in [6.45, 7) is 4.23. The molecule has 8 heteroatoms. The fourth-order valence-corrected chi connectivity index (χ4v) is 5.39. The van der Waals surface area contributed by atoms with Crippen molar-refractivity contribution in [2.75, 3.05) is 6.61 Å². The van der Waals surface area contributed by atoms with Gasteiger partial charge in [0.05, 0.1) is 18.6 Å². The van der Waals surface area contributed by atoms with Gasteiger partial charge in [0, 0.05) is 6.42 Å². The molecule has 0 radical (unpaired) electrons. The van der Waals surface area contributed by atoms with Crippen LogP contribution in [0.25, 0.3) is 0 Å². The Bertz CT molecular complexity index is 693. The first-order valence-corrected chi connectivity index (χ1v) is 13.3. The van der Waals surface area contributed by atoms with Gasteiger partial charge in [0.15, 0.2) is 11.7 Å². The van der Waals surface area contributed by atoms with Crippen LogP contribution in [0.2, 0.25) is 0 Å². The maximum Gasteiger partial charge on any atom is 0.392 e. The summed E-state index contributed by atoms with van der Waals surface area (Å²) >= 11 is 0. The Kier molecular flexibility index (Phi) is 12.1. The number of hydrogen-bond donors (Lipinski definition) is 2. The van der Waals surface area contributed by atoms with E-state index in [1.807, 2.05) is 19.9 Å². The van der Waals surface area contributed by atoms with Crippen LogP contribution in [0, 0.1) is 17.3 Å². The first-order valence-electron chi connectivity index (χ1n) is 13.3. The minimum Gasteiger partial charge on any atom is -0.480 e. The topological polar surface area (TPSA) is 76.0 Å². The van der Waals surface area contributed by atoms with E-state index in [0.717, 1.165) is 32.1 Å². The summed E-state index contributed by atoms with van der Waals surface area (Å²) < 4.78 is 53.2. The third-order valence-electron chi connectivity index (χ3n) is 7.40. The number of hydrogen-bond acceptors (Lipinski definition) is 4. The highest BCUT2D eigenvalue weighted by Gasteiger charge is 2.56. The monoisotopic (exact) mass is 504 g/mol. The van der Waals surface area contributed by atoms with Crippen LogP contribution in [0.15, 0.2) is 24.0 Å². The molecular weight excluding hydrogens is 461 g/mol. The van der Waals surface area contributed by atoms with Crippen molar-refractivity contribution in [1.82, 2.24) is 0 Å². The van der Waals surface area contributed by atoms with Crippen molar-refractivity contribution in [3.63, 3.8) is 0 Å². The van der Waals surface area contributed by atoms with Crippen molar-refractivity contribution in [2.24, 2.45) is 17.3 Å². The van der Waals surface area contributed by atoms with E-state index in [1.54, 1.807) is 6.08 Å². The lowest BCUT2D eigenvalue weighted by atomic mass is 9.67. The predicted molar refractivity (Wildman–Crippen MR) is 129 cm³/mol. The standard InChI is InChI=1S/C27H43F3O5/c1-3-5-7-15-22(31)26(25(32)33,20-13-8-9-14-20)23(35-24-16-10-11-19-34-24)18-17-21(12-6-4-2)27(28,29)30/h5,7,18,20-22,24,31H,3-4,6,8-17,19H2,1-2H3,(H,32,33)/b7-5-,23-18+/t21?,22-,24?,26+/m1/s1. The van der Waals surface area contributed by atoms with E-state index in [-0.39, 0.29) is 25.0 Å². The molecule has 0 spiro atoms. The molecule has 1 aliphatic carbocycles. The third-order valence-corrected chi connectivity index (χ3v) is 7.40. The van der Waals surface area contributed by atoms with Crippen LogP contribution in [-0.4, -0.2) is 41.4 Å². The molecule has 35 heavy (non-hydrogen) atoms. The molecule has 2 unspecified atom stereocenters. The molecule has 4 atom stereocenters. The lowest BCUT2D eigenvalue weighted by Gasteiger charge is -2.42. The molecule has 0 aromatic carbocycles. The van der Waals surface area contributed by atoms with Crippen molar-refractivity contribution in [2.45, 2.75) is 116 Å². The molecular formula is C27H43F3O5. The van der Waals surface area contributed by atoms with Crippen molar-refractivity contribution in [3.8, 4) is 0 Å². The second-order valence-corrected chi connectivity index (χ2v) is 9.89. The summed E-state index contributed by atoms with van der Waals surface area (Å²) in [5, 5.41) is 22.0. The minimum absolute atomic E-state index is 0.0327. The number of aliphatic carboxylic acids is 1. The molecule has 2 rings (SSSR count). The van der Waals surface area contributed by atoms with Crippen LogP contribution in [-0.2, 0) is 14.3 Å². The Morgan fingerprint density at radius 1 is 1.09 bits per heavy atom. The molecule has 5 nitrogen and oxygen atoms in total. The molecule has 2 fully saturated rings. The summed E-state index contributed by atoms with van der Waals surface area (Å²) in [5.74, 6) is -3.34. The van der Waals surface area contributed by atoms with Gasteiger partial charge in [-0.3, -0.25) is 4.79 Å². The number of carbonyl (C=O) groups is 1. The molecule has 1 saturated carbocycles. The first kappa shape index (κ1) is 29.7. The molecule has 0 amide bonds. The summed E-state index contributed by atoms with van der Waals surface area (Å²) in [5.41, 5.74) is -1.82. The number of carboxylic acid groups (broad SMARTS) is 1. The second-order valence-electron chi connectivity index (χ2n) is 9.89. The highest BCUT2D eigenvalue weighted by Crippen LogP contribution is 2.50. The van der Waals surface area contributed by atoms with Crippen LogP contribution in [0.5, 0.6) is 0 Å². The average molecular weight is 505 g/mol. The number of aliphatic hydroxyl groups is 1. The van der Waals surface area contributed by atoms with Gasteiger partial charge in [-0.25, -0.2) is 0 Å². The van der Waals surface area contributed by atoms with E-state index in [4.69, 9.17) is 9.47 Å². The molecule has 0 aromatic heterocycles. The van der Waals surface area contributed by atoms with Crippen LogP contribution >= 0.6 is 0 Å². The summed E-state index contributed by atoms with van der Waals surface area (Å²) in [7, 11) is 0. The highest BCUT2D eigenvalue weighted by atomic mass is 19.4. The van der Waals surface area contributed by atoms with E-state index in [2.05, 4.69) is 0 Å². The number of ether oxygens (including phenoxy) is 2. The fraction of sp³-hybridized carbons (Fsp3) is 0.815. The maximum absolute atomic E-state index is 13.8. The molecule has 0 bridgehead atoms. The predicted octanol–water partition coefficient (Wildman–Crippen LogP) is 7.15. The zero-order valence-corrected chi connectivity index (χ0v) is 21.2. The number of allylic oxidation sites excluding steroid dienone is 2. The SMILES string of the molecule is CC/C=C\C[C@@H](O)[C@](C(=O)O)(/C(=C\CC(CCCC)C(F)(F)F)OC1CCCCO1)C1CCCC1. The van der Waals surface area contributed by atoms with Gasteiger partial charge in [0.1, 0.15) is 5.76 Å². The molecule has 1 saturated heterocycles. The third kappa shape index (κ3) is 7.97. The Hall–Kier alpha value is -1.54. The number of unbranched alkanes of at least 4 members (excludes halogenated alkanes) is 1. The van der Waals surface area contributed by atoms with Crippen LogP contribution < -0.4 is 0 Å². The molecule has 2 N–H and O–H groups in total. The molecule has 1 heterocycles. The zero-order valence-electron chi connectivity index (χ0n) is 21.2. The zero-order chi connectivity index (χ0) is 25.9. The summed E-state index contributed by atoms with van der Waals surface area (Å²) in [6, 6.07) is 0. The van der Waals surface area contributed by atoms with Gasteiger partial charge in [0.25, 0.3) is 0 Å². The van der Waals surface area contributed by atoms with Crippen LogP contribution in [0.3, 0.4) is 0 Å². The second kappa shape index (κ2) is 14.3. The fourth-order valence-electron chi connectivity index (χ4n) is 5.39.